The number of fused-ring (bicyclic) bond motifs is 3. The van der Waals surface area contributed by atoms with Crippen LogP contribution in [0.1, 0.15) is 52.9 Å². The number of hydrogen-bond donors (Lipinski definition) is 0. The fourth-order valence-electron chi connectivity index (χ4n) is 4.27. The predicted octanol–water partition coefficient (Wildman–Crippen LogP) is 4.10. The molecule has 3 aliphatic rings. The third-order valence-electron chi connectivity index (χ3n) is 4.70. The van der Waals surface area contributed by atoms with Crippen molar-refractivity contribution in [3.63, 3.8) is 0 Å². The monoisotopic (exact) mass is 180 g/mol. The van der Waals surface area contributed by atoms with Gasteiger partial charge in [-0.3, -0.25) is 0 Å². The molecular weight excluding hydrogens is 156 g/mol. The van der Waals surface area contributed by atoms with Gasteiger partial charge < -0.3 is 0 Å². The highest BCUT2D eigenvalue weighted by Crippen LogP contribution is 2.52. The second-order valence-corrected chi connectivity index (χ2v) is 5.57. The summed E-state index contributed by atoms with van der Waals surface area (Å²) in [6.07, 6.45) is 7.62. The lowest BCUT2D eigenvalue weighted by atomic mass is 9.55. The Morgan fingerprint density at radius 2 is 1.54 bits per heavy atom. The topological polar surface area (TPSA) is 0 Å². The van der Waals surface area contributed by atoms with Crippen LogP contribution in [0.5, 0.6) is 0 Å². The van der Waals surface area contributed by atoms with E-state index in [1.807, 2.05) is 0 Å². The number of hydrogen-bond acceptors (Lipinski definition) is 0. The first-order valence-electron chi connectivity index (χ1n) is 6.24. The van der Waals surface area contributed by atoms with Gasteiger partial charge >= 0.3 is 0 Å². The van der Waals surface area contributed by atoms with Crippen molar-refractivity contribution in [3.05, 3.63) is 0 Å². The summed E-state index contributed by atoms with van der Waals surface area (Å²) in [5.41, 5.74) is 0. The summed E-state index contributed by atoms with van der Waals surface area (Å²) >= 11 is 0. The molecule has 0 aromatic carbocycles. The lowest BCUT2D eigenvalue weighted by Gasteiger charge is -2.50. The molecule has 0 aliphatic heterocycles. The molecule has 0 nitrogen and oxygen atoms in total. The molecule has 3 aliphatic carbocycles. The Labute approximate surface area is 83.1 Å². The van der Waals surface area contributed by atoms with Crippen LogP contribution < -0.4 is 0 Å². The highest BCUT2D eigenvalue weighted by molar-refractivity contribution is 4.93. The van der Waals surface area contributed by atoms with Gasteiger partial charge in [-0.25, -0.2) is 0 Å². The van der Waals surface area contributed by atoms with E-state index in [1.54, 1.807) is 25.7 Å². The predicted molar refractivity (Wildman–Crippen MR) is 57.6 cm³/mol. The van der Waals surface area contributed by atoms with Crippen molar-refractivity contribution in [2.24, 2.45) is 29.6 Å². The summed E-state index contributed by atoms with van der Waals surface area (Å²) in [4.78, 5) is 0. The van der Waals surface area contributed by atoms with E-state index in [-0.39, 0.29) is 0 Å². The fourth-order valence-corrected chi connectivity index (χ4v) is 4.27. The van der Waals surface area contributed by atoms with Gasteiger partial charge in [-0.05, 0) is 55.3 Å². The highest BCUT2D eigenvalue weighted by Gasteiger charge is 2.43. The zero-order chi connectivity index (χ0) is 9.42. The van der Waals surface area contributed by atoms with Crippen molar-refractivity contribution in [1.29, 1.82) is 0 Å². The Bertz CT molecular complexity index is 163. The molecule has 0 radical (unpaired) electrons. The minimum atomic E-state index is 0.929. The molecule has 13 heavy (non-hydrogen) atoms. The fraction of sp³-hybridized carbons (Fsp3) is 1.00. The van der Waals surface area contributed by atoms with Gasteiger partial charge in [0, 0.05) is 0 Å². The van der Waals surface area contributed by atoms with E-state index in [9.17, 15) is 0 Å². The molecule has 3 saturated carbocycles. The smallest absolute Gasteiger partial charge is 0.0332 e. The molecule has 3 fully saturated rings. The van der Waals surface area contributed by atoms with Crippen LogP contribution in [0.3, 0.4) is 0 Å². The molecule has 0 aromatic heterocycles. The largest absolute Gasteiger partial charge is 0.0651 e. The molecule has 3 rings (SSSR count). The molecule has 0 saturated heterocycles. The molecular formula is C13H24. The van der Waals surface area contributed by atoms with Crippen LogP contribution in [0.15, 0.2) is 0 Å². The maximum atomic E-state index is 2.44. The van der Waals surface area contributed by atoms with E-state index in [4.69, 9.17) is 0 Å². The third-order valence-corrected chi connectivity index (χ3v) is 4.70. The lowest BCUT2D eigenvalue weighted by Crippen LogP contribution is -2.42. The van der Waals surface area contributed by atoms with Gasteiger partial charge in [0.05, 0.1) is 0 Å². The number of rotatable bonds is 2. The van der Waals surface area contributed by atoms with Crippen molar-refractivity contribution >= 4 is 0 Å². The first-order valence-corrected chi connectivity index (χ1v) is 6.24. The zero-order valence-electron chi connectivity index (χ0n) is 9.42. The van der Waals surface area contributed by atoms with Crippen molar-refractivity contribution in [1.82, 2.24) is 0 Å². The Morgan fingerprint density at radius 3 is 1.92 bits per heavy atom. The third kappa shape index (κ3) is 1.53. The van der Waals surface area contributed by atoms with Crippen molar-refractivity contribution in [3.8, 4) is 0 Å². The van der Waals surface area contributed by atoms with E-state index in [1.165, 1.54) is 6.42 Å². The second-order valence-electron chi connectivity index (χ2n) is 5.57. The van der Waals surface area contributed by atoms with Crippen LogP contribution in [0.4, 0.5) is 0 Å². The average Bonchev–Trinajstić information content (AvgIpc) is 2.17. The average molecular weight is 180 g/mol. The summed E-state index contributed by atoms with van der Waals surface area (Å²) in [5, 5.41) is 0. The molecule has 0 aromatic rings. The van der Waals surface area contributed by atoms with Gasteiger partial charge in [0.1, 0.15) is 0 Å². The van der Waals surface area contributed by atoms with Crippen LogP contribution in [-0.2, 0) is 0 Å². The quantitative estimate of drug-likeness (QED) is 0.600. The van der Waals surface area contributed by atoms with E-state index < -0.39 is 0 Å². The molecule has 0 N–H and O–H groups in total. The summed E-state index contributed by atoms with van der Waals surface area (Å²) in [5.74, 6) is 5.26. The van der Waals surface area contributed by atoms with E-state index in [2.05, 4.69) is 20.8 Å². The minimum Gasteiger partial charge on any atom is -0.0651 e. The standard InChI is InChI=1S/C13H24/c1-4-12-10-5-7-11(8-6-10)13(12)9(2)3/h9-13H,4-8H2,1-3H3. The molecule has 0 spiro atoms. The van der Waals surface area contributed by atoms with Gasteiger partial charge in [-0.15, -0.1) is 0 Å². The highest BCUT2D eigenvalue weighted by atomic mass is 14.5. The SMILES string of the molecule is CCC1C2CCC(CC2)C1C(C)C. The summed E-state index contributed by atoms with van der Waals surface area (Å²) < 4.78 is 0. The molecule has 2 bridgehead atoms. The Hall–Kier alpha value is 0. The van der Waals surface area contributed by atoms with Crippen LogP contribution in [-0.4, -0.2) is 0 Å². The van der Waals surface area contributed by atoms with Crippen molar-refractivity contribution < 1.29 is 0 Å². The van der Waals surface area contributed by atoms with Gasteiger partial charge in [0.15, 0.2) is 0 Å². The molecule has 0 amide bonds. The maximum absolute atomic E-state index is 2.44. The molecule has 0 heteroatoms. The van der Waals surface area contributed by atoms with Gasteiger partial charge in [0.2, 0.25) is 0 Å². The summed E-state index contributed by atoms with van der Waals surface area (Å²) in [6, 6.07) is 0. The molecule has 76 valence electrons. The van der Waals surface area contributed by atoms with E-state index in [0.717, 1.165) is 29.6 Å². The van der Waals surface area contributed by atoms with Crippen molar-refractivity contribution in [2.75, 3.05) is 0 Å². The Kier molecular flexibility index (Phi) is 2.67. The first kappa shape index (κ1) is 9.55. The van der Waals surface area contributed by atoms with Crippen LogP contribution >= 0.6 is 0 Å². The van der Waals surface area contributed by atoms with Gasteiger partial charge in [0.25, 0.3) is 0 Å². The maximum Gasteiger partial charge on any atom is -0.0332 e. The summed E-state index contributed by atoms with van der Waals surface area (Å²) in [6.45, 7) is 7.28. The minimum absolute atomic E-state index is 0.929. The van der Waals surface area contributed by atoms with Crippen molar-refractivity contribution in [2.45, 2.75) is 52.9 Å². The summed E-state index contributed by atoms with van der Waals surface area (Å²) in [7, 11) is 0. The van der Waals surface area contributed by atoms with Gasteiger partial charge in [-0.2, -0.15) is 0 Å². The molecule has 2 atom stereocenters. The normalized spacial score (nSPS) is 44.3. The lowest BCUT2D eigenvalue weighted by molar-refractivity contribution is -0.00535. The van der Waals surface area contributed by atoms with E-state index in [0.29, 0.717) is 0 Å². The van der Waals surface area contributed by atoms with E-state index >= 15 is 0 Å². The first-order chi connectivity index (χ1) is 6.24. The van der Waals surface area contributed by atoms with Crippen LogP contribution in [0.25, 0.3) is 0 Å². The Balaban J connectivity index is 2.14. The van der Waals surface area contributed by atoms with Crippen LogP contribution in [0.2, 0.25) is 0 Å². The zero-order valence-corrected chi connectivity index (χ0v) is 9.42. The Morgan fingerprint density at radius 1 is 1.00 bits per heavy atom. The van der Waals surface area contributed by atoms with Gasteiger partial charge in [-0.1, -0.05) is 27.2 Å². The second kappa shape index (κ2) is 3.63. The molecule has 0 heterocycles. The van der Waals surface area contributed by atoms with Crippen LogP contribution in [0, 0.1) is 29.6 Å². The molecule has 2 unspecified atom stereocenters.